The van der Waals surface area contributed by atoms with Crippen molar-refractivity contribution < 1.29 is 22.9 Å². The molecule has 1 aromatic carbocycles. The number of hydrogen-bond donors (Lipinski definition) is 0. The number of anilines is 1. The summed E-state index contributed by atoms with van der Waals surface area (Å²) >= 11 is 0. The molecule has 8 nitrogen and oxygen atoms in total. The second kappa shape index (κ2) is 7.94. The van der Waals surface area contributed by atoms with Crippen molar-refractivity contribution in [3.8, 4) is 0 Å². The molecule has 1 aromatic heterocycles. The van der Waals surface area contributed by atoms with Crippen molar-refractivity contribution in [1.82, 2.24) is 9.47 Å². The molecule has 0 N–H and O–H groups in total. The summed E-state index contributed by atoms with van der Waals surface area (Å²) in [5, 5.41) is 11.3. The zero-order valence-corrected chi connectivity index (χ0v) is 15.1. The highest BCUT2D eigenvalue weighted by molar-refractivity contribution is 5.76. The van der Waals surface area contributed by atoms with Crippen LogP contribution in [0.1, 0.15) is 5.56 Å². The summed E-state index contributed by atoms with van der Waals surface area (Å²) in [6.07, 6.45) is -3.17. The normalized spacial score (nSPS) is 14.7. The van der Waals surface area contributed by atoms with E-state index in [4.69, 9.17) is 0 Å². The van der Waals surface area contributed by atoms with E-state index in [0.29, 0.717) is 6.07 Å². The van der Waals surface area contributed by atoms with Crippen molar-refractivity contribution in [2.45, 2.75) is 12.7 Å². The molecule has 1 saturated heterocycles. The fraction of sp³-hybridized carbons (Fsp3) is 0.333. The molecule has 0 unspecified atom stereocenters. The number of nitrogens with zero attached hydrogens (tertiary/aromatic N) is 4. The Bertz CT molecular complexity index is 982. The van der Waals surface area contributed by atoms with E-state index in [0.717, 1.165) is 12.1 Å². The van der Waals surface area contributed by atoms with Crippen molar-refractivity contribution in [1.29, 1.82) is 0 Å². The molecule has 11 heteroatoms. The highest BCUT2D eigenvalue weighted by Gasteiger charge is 2.34. The first-order valence-corrected chi connectivity index (χ1v) is 8.70. The van der Waals surface area contributed by atoms with E-state index in [1.807, 2.05) is 0 Å². The Hall–Kier alpha value is -3.37. The van der Waals surface area contributed by atoms with Crippen molar-refractivity contribution in [2.75, 3.05) is 31.1 Å². The van der Waals surface area contributed by atoms with E-state index < -0.39 is 22.4 Å². The van der Waals surface area contributed by atoms with E-state index in [2.05, 4.69) is 0 Å². The predicted octanol–water partition coefficient (Wildman–Crippen LogP) is 2.12. The van der Waals surface area contributed by atoms with Gasteiger partial charge >= 0.3 is 6.18 Å². The highest BCUT2D eigenvalue weighted by atomic mass is 19.4. The molecule has 0 bridgehead atoms. The van der Waals surface area contributed by atoms with Gasteiger partial charge in [-0.25, -0.2) is 0 Å². The van der Waals surface area contributed by atoms with Gasteiger partial charge in [0, 0.05) is 44.5 Å². The highest BCUT2D eigenvalue weighted by Crippen LogP contribution is 2.36. The van der Waals surface area contributed by atoms with Gasteiger partial charge in [0.05, 0.1) is 10.5 Å². The molecule has 1 amide bonds. The lowest BCUT2D eigenvalue weighted by atomic mass is 10.1. The lowest BCUT2D eigenvalue weighted by molar-refractivity contribution is -0.384. The first-order valence-electron chi connectivity index (χ1n) is 8.70. The number of amides is 1. The molecule has 0 spiro atoms. The third kappa shape index (κ3) is 4.55. The van der Waals surface area contributed by atoms with E-state index in [1.54, 1.807) is 17.0 Å². The van der Waals surface area contributed by atoms with Crippen LogP contribution in [0.3, 0.4) is 0 Å². The minimum absolute atomic E-state index is 0.0781. The molecule has 29 heavy (non-hydrogen) atoms. The first-order chi connectivity index (χ1) is 13.7. The number of carbonyl (C=O) groups excluding carboxylic acids is 1. The number of hydrogen-bond acceptors (Lipinski definition) is 5. The van der Waals surface area contributed by atoms with Crippen LogP contribution in [0.4, 0.5) is 24.5 Å². The number of nitro benzene ring substituents is 1. The summed E-state index contributed by atoms with van der Waals surface area (Å²) < 4.78 is 39.8. The van der Waals surface area contributed by atoms with Gasteiger partial charge in [0.15, 0.2) is 0 Å². The topological polar surface area (TPSA) is 88.7 Å². The average molecular weight is 410 g/mol. The van der Waals surface area contributed by atoms with Crippen LogP contribution in [0.2, 0.25) is 0 Å². The molecular formula is C18H17F3N4O4. The Kier molecular flexibility index (Phi) is 5.57. The van der Waals surface area contributed by atoms with Crippen LogP contribution in [-0.4, -0.2) is 46.5 Å². The fourth-order valence-corrected chi connectivity index (χ4v) is 3.15. The van der Waals surface area contributed by atoms with Crippen LogP contribution in [0, 0.1) is 10.1 Å². The smallest absolute Gasteiger partial charge is 0.362 e. The van der Waals surface area contributed by atoms with E-state index >= 15 is 0 Å². The molecule has 1 aliphatic heterocycles. The van der Waals surface area contributed by atoms with Crippen LogP contribution in [-0.2, 0) is 17.5 Å². The third-order valence-electron chi connectivity index (χ3n) is 4.68. The van der Waals surface area contributed by atoms with Gasteiger partial charge in [-0.15, -0.1) is 0 Å². The fourth-order valence-electron chi connectivity index (χ4n) is 3.15. The lowest BCUT2D eigenvalue weighted by Crippen LogP contribution is -2.50. The minimum atomic E-state index is -4.68. The quantitative estimate of drug-likeness (QED) is 0.569. The second-order valence-corrected chi connectivity index (χ2v) is 6.49. The summed E-state index contributed by atoms with van der Waals surface area (Å²) in [7, 11) is 0. The molecule has 0 aliphatic carbocycles. The number of carbonyl (C=O) groups is 1. The Morgan fingerprint density at radius 3 is 2.38 bits per heavy atom. The molecule has 154 valence electrons. The number of piperazine rings is 1. The van der Waals surface area contributed by atoms with Crippen molar-refractivity contribution in [2.24, 2.45) is 0 Å². The molecular weight excluding hydrogens is 393 g/mol. The maximum atomic E-state index is 12.8. The van der Waals surface area contributed by atoms with Gasteiger partial charge in [0.25, 0.3) is 11.2 Å². The Morgan fingerprint density at radius 1 is 1.10 bits per heavy atom. The number of alkyl halides is 3. The van der Waals surface area contributed by atoms with Crippen molar-refractivity contribution in [3.63, 3.8) is 0 Å². The zero-order chi connectivity index (χ0) is 21.2. The van der Waals surface area contributed by atoms with Crippen LogP contribution < -0.4 is 10.5 Å². The van der Waals surface area contributed by atoms with Crippen LogP contribution in [0.15, 0.2) is 47.4 Å². The number of rotatable bonds is 4. The standard InChI is InChI=1S/C18H17F3N4O4/c19-18(20,21)13-4-5-14(15(11-13)25(28)29)22-7-9-23(10-8-22)17(27)12-24-6-2-1-3-16(24)26/h1-6,11H,7-10,12H2. The van der Waals surface area contributed by atoms with Crippen molar-refractivity contribution >= 4 is 17.3 Å². The zero-order valence-electron chi connectivity index (χ0n) is 15.1. The monoisotopic (exact) mass is 410 g/mol. The van der Waals surface area contributed by atoms with Crippen LogP contribution in [0.5, 0.6) is 0 Å². The number of aromatic nitrogens is 1. The van der Waals surface area contributed by atoms with Gasteiger partial charge in [0.2, 0.25) is 5.91 Å². The number of pyridine rings is 1. The molecule has 1 fully saturated rings. The molecule has 2 heterocycles. The maximum Gasteiger partial charge on any atom is 0.416 e. The van der Waals surface area contributed by atoms with E-state index in [1.165, 1.54) is 21.7 Å². The molecule has 2 aromatic rings. The second-order valence-electron chi connectivity index (χ2n) is 6.49. The predicted molar refractivity (Wildman–Crippen MR) is 97.6 cm³/mol. The summed E-state index contributed by atoms with van der Waals surface area (Å²) in [5.74, 6) is -0.278. The average Bonchev–Trinajstić information content (AvgIpc) is 2.68. The van der Waals surface area contributed by atoms with E-state index in [-0.39, 0.29) is 49.9 Å². The number of benzene rings is 1. The van der Waals surface area contributed by atoms with Crippen LogP contribution in [0.25, 0.3) is 0 Å². The molecule has 1 aliphatic rings. The SMILES string of the molecule is O=C(Cn1ccccc1=O)N1CCN(c2ccc(C(F)(F)F)cc2[N+](=O)[O-])CC1. The van der Waals surface area contributed by atoms with Gasteiger partial charge in [0.1, 0.15) is 12.2 Å². The Balaban J connectivity index is 1.70. The minimum Gasteiger partial charge on any atom is -0.362 e. The lowest BCUT2D eigenvalue weighted by Gasteiger charge is -2.36. The number of nitro groups is 1. The Labute approximate surface area is 162 Å². The molecule has 0 saturated carbocycles. The summed E-state index contributed by atoms with van der Waals surface area (Å²) in [6, 6.07) is 6.96. The van der Waals surface area contributed by atoms with Gasteiger partial charge in [-0.05, 0) is 18.2 Å². The largest absolute Gasteiger partial charge is 0.416 e. The van der Waals surface area contributed by atoms with Crippen molar-refractivity contribution in [3.05, 3.63) is 68.6 Å². The number of halogens is 3. The maximum absolute atomic E-state index is 12.8. The first kappa shape index (κ1) is 20.4. The summed E-state index contributed by atoms with van der Waals surface area (Å²) in [5.41, 5.74) is -1.94. The van der Waals surface area contributed by atoms with Crippen LogP contribution >= 0.6 is 0 Å². The molecule has 0 radical (unpaired) electrons. The van der Waals surface area contributed by atoms with E-state index in [9.17, 15) is 32.9 Å². The summed E-state index contributed by atoms with van der Waals surface area (Å²) in [6.45, 7) is 0.792. The molecule has 3 rings (SSSR count). The Morgan fingerprint density at radius 2 is 1.79 bits per heavy atom. The van der Waals surface area contributed by atoms with Gasteiger partial charge in [-0.3, -0.25) is 19.7 Å². The van der Waals surface area contributed by atoms with Gasteiger partial charge in [-0.2, -0.15) is 13.2 Å². The van der Waals surface area contributed by atoms with Gasteiger partial charge < -0.3 is 14.4 Å². The summed E-state index contributed by atoms with van der Waals surface area (Å²) in [4.78, 5) is 37.6. The molecule has 0 atom stereocenters. The third-order valence-corrected chi connectivity index (χ3v) is 4.68. The van der Waals surface area contributed by atoms with Gasteiger partial charge in [-0.1, -0.05) is 6.07 Å².